The Hall–Kier alpha value is -2.49. The normalized spacial score (nSPS) is 15.8. The highest BCUT2D eigenvalue weighted by atomic mass is 35.5. The molecule has 0 spiro atoms. The van der Waals surface area contributed by atoms with Crippen LogP contribution in [0, 0.1) is 0 Å². The van der Waals surface area contributed by atoms with Crippen LogP contribution in [0.3, 0.4) is 0 Å². The molecule has 3 aromatic carbocycles. The van der Waals surface area contributed by atoms with E-state index in [1.807, 2.05) is 41.3 Å². The first kappa shape index (κ1) is 18.9. The summed E-state index contributed by atoms with van der Waals surface area (Å²) in [5.41, 5.74) is 3.46. The van der Waals surface area contributed by atoms with E-state index in [4.69, 9.17) is 27.9 Å². The van der Waals surface area contributed by atoms with Crippen molar-refractivity contribution in [2.45, 2.75) is 12.5 Å². The lowest BCUT2D eigenvalue weighted by Gasteiger charge is -2.37. The van der Waals surface area contributed by atoms with E-state index in [0.717, 1.165) is 17.5 Å². The average molecular weight is 412 g/mol. The molecule has 1 unspecified atom stereocenters. The van der Waals surface area contributed by atoms with Gasteiger partial charge in [-0.15, -0.1) is 0 Å². The van der Waals surface area contributed by atoms with E-state index < -0.39 is 0 Å². The zero-order valence-corrected chi connectivity index (χ0v) is 16.7. The minimum absolute atomic E-state index is 0.0200. The van der Waals surface area contributed by atoms with Gasteiger partial charge in [0.25, 0.3) is 5.91 Å². The van der Waals surface area contributed by atoms with Gasteiger partial charge in [-0.05, 0) is 59.5 Å². The third-order valence-corrected chi connectivity index (χ3v) is 5.47. The number of nitrogens with zero attached hydrogens (tertiary/aromatic N) is 1. The van der Waals surface area contributed by atoms with Crippen molar-refractivity contribution < 1.29 is 9.53 Å². The third-order valence-electron chi connectivity index (χ3n) is 4.97. The van der Waals surface area contributed by atoms with E-state index in [1.54, 1.807) is 24.3 Å². The molecule has 0 bridgehead atoms. The fourth-order valence-corrected chi connectivity index (χ4v) is 3.85. The van der Waals surface area contributed by atoms with Gasteiger partial charge in [0.2, 0.25) is 0 Å². The van der Waals surface area contributed by atoms with Gasteiger partial charge in [0.1, 0.15) is 5.75 Å². The van der Waals surface area contributed by atoms with Crippen LogP contribution in [0.2, 0.25) is 10.0 Å². The molecule has 0 saturated heterocycles. The molecular formula is C23H19Cl2NO2. The first-order valence-electron chi connectivity index (χ1n) is 9.13. The molecule has 1 heterocycles. The largest absolute Gasteiger partial charge is 0.484 e. The van der Waals surface area contributed by atoms with Crippen molar-refractivity contribution in [3.63, 3.8) is 0 Å². The Kier molecular flexibility index (Phi) is 5.56. The average Bonchev–Trinajstić information content (AvgIpc) is 2.73. The fourth-order valence-electron chi connectivity index (χ4n) is 3.60. The molecule has 142 valence electrons. The molecule has 0 aromatic heterocycles. The lowest BCUT2D eigenvalue weighted by Crippen LogP contribution is -2.42. The number of rotatable bonds is 4. The van der Waals surface area contributed by atoms with Crippen molar-refractivity contribution in [1.82, 2.24) is 4.90 Å². The van der Waals surface area contributed by atoms with Crippen molar-refractivity contribution in [3.8, 4) is 5.75 Å². The minimum atomic E-state index is -0.150. The summed E-state index contributed by atoms with van der Waals surface area (Å²) in [6.07, 6.45) is 0.826. The first-order chi connectivity index (χ1) is 13.6. The van der Waals surface area contributed by atoms with Crippen LogP contribution in [0.25, 0.3) is 0 Å². The molecule has 0 radical (unpaired) electrons. The number of carbonyl (C=O) groups is 1. The number of hydrogen-bond acceptors (Lipinski definition) is 2. The van der Waals surface area contributed by atoms with E-state index in [9.17, 15) is 4.79 Å². The SMILES string of the molecule is O=C(COc1ccc(Cl)cc1)N1CCc2ccccc2C1c1ccc(Cl)cc1. The second kappa shape index (κ2) is 8.26. The molecule has 1 atom stereocenters. The summed E-state index contributed by atoms with van der Waals surface area (Å²) < 4.78 is 5.70. The second-order valence-electron chi connectivity index (χ2n) is 6.73. The van der Waals surface area contributed by atoms with Crippen LogP contribution in [-0.4, -0.2) is 24.0 Å². The Bertz CT molecular complexity index is 971. The van der Waals surface area contributed by atoms with Gasteiger partial charge in [0, 0.05) is 16.6 Å². The van der Waals surface area contributed by atoms with Gasteiger partial charge in [-0.3, -0.25) is 4.79 Å². The van der Waals surface area contributed by atoms with E-state index in [1.165, 1.54) is 5.56 Å². The Morgan fingerprint density at radius 1 is 0.929 bits per heavy atom. The molecule has 0 saturated carbocycles. The van der Waals surface area contributed by atoms with Crippen molar-refractivity contribution in [2.24, 2.45) is 0 Å². The van der Waals surface area contributed by atoms with Crippen molar-refractivity contribution >= 4 is 29.1 Å². The summed E-state index contributed by atoms with van der Waals surface area (Å²) in [5, 5.41) is 1.31. The van der Waals surface area contributed by atoms with Crippen LogP contribution in [0.4, 0.5) is 0 Å². The van der Waals surface area contributed by atoms with Gasteiger partial charge in [-0.2, -0.15) is 0 Å². The van der Waals surface area contributed by atoms with Crippen molar-refractivity contribution in [1.29, 1.82) is 0 Å². The van der Waals surface area contributed by atoms with E-state index in [-0.39, 0.29) is 18.6 Å². The van der Waals surface area contributed by atoms with Gasteiger partial charge in [-0.25, -0.2) is 0 Å². The van der Waals surface area contributed by atoms with Gasteiger partial charge in [0.05, 0.1) is 6.04 Å². The summed E-state index contributed by atoms with van der Waals surface area (Å²) in [7, 11) is 0. The molecule has 1 aliphatic rings. The Morgan fingerprint density at radius 2 is 1.57 bits per heavy atom. The lowest BCUT2D eigenvalue weighted by molar-refractivity contribution is -0.135. The summed E-state index contributed by atoms with van der Waals surface area (Å²) in [5.74, 6) is 0.572. The molecule has 5 heteroatoms. The van der Waals surface area contributed by atoms with Crippen LogP contribution in [-0.2, 0) is 11.2 Å². The molecule has 28 heavy (non-hydrogen) atoms. The molecule has 0 N–H and O–H groups in total. The maximum Gasteiger partial charge on any atom is 0.261 e. The standard InChI is InChI=1S/C23H19Cl2NO2/c24-18-7-5-17(6-8-18)23-21-4-2-1-3-16(21)13-14-26(23)22(27)15-28-20-11-9-19(25)10-12-20/h1-12,23H,13-15H2. The monoisotopic (exact) mass is 411 g/mol. The number of ether oxygens (including phenoxy) is 1. The van der Waals surface area contributed by atoms with Crippen LogP contribution in [0.15, 0.2) is 72.8 Å². The highest BCUT2D eigenvalue weighted by molar-refractivity contribution is 6.30. The van der Waals surface area contributed by atoms with Gasteiger partial charge in [-0.1, -0.05) is 59.6 Å². The maximum atomic E-state index is 13.0. The fraction of sp³-hybridized carbons (Fsp3) is 0.174. The minimum Gasteiger partial charge on any atom is -0.484 e. The van der Waals surface area contributed by atoms with Crippen LogP contribution >= 0.6 is 23.2 Å². The van der Waals surface area contributed by atoms with Gasteiger partial charge < -0.3 is 9.64 Å². The highest BCUT2D eigenvalue weighted by Crippen LogP contribution is 2.35. The topological polar surface area (TPSA) is 29.5 Å². The van der Waals surface area contributed by atoms with E-state index in [0.29, 0.717) is 22.3 Å². The maximum absolute atomic E-state index is 13.0. The Balaban J connectivity index is 1.60. The van der Waals surface area contributed by atoms with E-state index in [2.05, 4.69) is 12.1 Å². The Labute approximate surface area is 174 Å². The van der Waals surface area contributed by atoms with Crippen LogP contribution in [0.5, 0.6) is 5.75 Å². The van der Waals surface area contributed by atoms with Crippen molar-refractivity contribution in [3.05, 3.63) is 99.5 Å². The third kappa shape index (κ3) is 4.01. The first-order valence-corrected chi connectivity index (χ1v) is 9.88. The number of fused-ring (bicyclic) bond motifs is 1. The number of benzene rings is 3. The molecule has 1 aliphatic heterocycles. The molecule has 3 nitrogen and oxygen atoms in total. The van der Waals surface area contributed by atoms with E-state index >= 15 is 0 Å². The number of halogens is 2. The second-order valence-corrected chi connectivity index (χ2v) is 7.61. The predicted molar refractivity (Wildman–Crippen MR) is 112 cm³/mol. The number of carbonyl (C=O) groups excluding carboxylic acids is 1. The lowest BCUT2D eigenvalue weighted by atomic mass is 9.88. The summed E-state index contributed by atoms with van der Waals surface area (Å²) >= 11 is 12.0. The molecule has 0 fully saturated rings. The molecule has 3 aromatic rings. The summed E-state index contributed by atoms with van der Waals surface area (Å²) in [6, 6.07) is 22.8. The molecule has 1 amide bonds. The molecular weight excluding hydrogens is 393 g/mol. The molecule has 4 rings (SSSR count). The number of amides is 1. The quantitative estimate of drug-likeness (QED) is 0.563. The summed E-state index contributed by atoms with van der Waals surface area (Å²) in [4.78, 5) is 14.9. The zero-order chi connectivity index (χ0) is 19.5. The van der Waals surface area contributed by atoms with Crippen LogP contribution < -0.4 is 4.74 Å². The van der Waals surface area contributed by atoms with Crippen LogP contribution in [0.1, 0.15) is 22.7 Å². The Morgan fingerprint density at radius 3 is 2.29 bits per heavy atom. The van der Waals surface area contributed by atoms with Crippen molar-refractivity contribution in [2.75, 3.05) is 13.2 Å². The summed E-state index contributed by atoms with van der Waals surface area (Å²) in [6.45, 7) is 0.626. The highest BCUT2D eigenvalue weighted by Gasteiger charge is 2.31. The van der Waals surface area contributed by atoms with Gasteiger partial charge >= 0.3 is 0 Å². The number of hydrogen-bond donors (Lipinski definition) is 0. The zero-order valence-electron chi connectivity index (χ0n) is 15.1. The predicted octanol–water partition coefficient (Wildman–Crippen LogP) is 5.55. The molecule has 0 aliphatic carbocycles. The smallest absolute Gasteiger partial charge is 0.261 e. The van der Waals surface area contributed by atoms with Gasteiger partial charge in [0.15, 0.2) is 6.61 Å².